The minimum absolute atomic E-state index is 0.0425. The van der Waals surface area contributed by atoms with Crippen molar-refractivity contribution in [2.75, 3.05) is 6.54 Å². The van der Waals surface area contributed by atoms with Gasteiger partial charge in [0.25, 0.3) is 5.56 Å². The number of hydrogen-bond donors (Lipinski definition) is 1. The first-order valence-corrected chi connectivity index (χ1v) is 6.55. The van der Waals surface area contributed by atoms with Gasteiger partial charge in [-0.2, -0.15) is 5.26 Å². The summed E-state index contributed by atoms with van der Waals surface area (Å²) in [7, 11) is 0. The zero-order chi connectivity index (χ0) is 13.9. The van der Waals surface area contributed by atoms with E-state index in [4.69, 9.17) is 5.26 Å². The molecule has 0 atom stereocenters. The van der Waals surface area contributed by atoms with Gasteiger partial charge in [0.2, 0.25) is 0 Å². The van der Waals surface area contributed by atoms with E-state index in [0.717, 1.165) is 29.8 Å². The lowest BCUT2D eigenvalue weighted by Crippen LogP contribution is -2.34. The van der Waals surface area contributed by atoms with Crippen LogP contribution in [0.15, 0.2) is 35.4 Å². The van der Waals surface area contributed by atoms with Gasteiger partial charge in [0.1, 0.15) is 0 Å². The van der Waals surface area contributed by atoms with Gasteiger partial charge in [0.05, 0.1) is 30.2 Å². The molecule has 0 aliphatic carbocycles. The normalized spacial score (nSPS) is 13.6. The molecule has 0 saturated carbocycles. The Labute approximate surface area is 116 Å². The Balaban J connectivity index is 1.91. The Morgan fingerprint density at radius 3 is 2.90 bits per heavy atom. The minimum Gasteiger partial charge on any atom is -0.311 e. The van der Waals surface area contributed by atoms with Crippen molar-refractivity contribution < 1.29 is 0 Å². The summed E-state index contributed by atoms with van der Waals surface area (Å²) in [5, 5.41) is 12.0. The monoisotopic (exact) mass is 266 g/mol. The smallest absolute Gasteiger partial charge is 0.257 e. The Kier molecular flexibility index (Phi) is 3.32. The molecule has 2 aromatic rings. The molecule has 1 aromatic heterocycles. The zero-order valence-electron chi connectivity index (χ0n) is 11.0. The largest absolute Gasteiger partial charge is 0.311 e. The first kappa shape index (κ1) is 12.6. The molecule has 0 unspecified atom stereocenters. The van der Waals surface area contributed by atoms with Crippen LogP contribution in [0, 0.1) is 11.3 Å². The van der Waals surface area contributed by atoms with Gasteiger partial charge in [-0.25, -0.2) is 4.98 Å². The Morgan fingerprint density at radius 2 is 2.15 bits per heavy atom. The van der Waals surface area contributed by atoms with Crippen molar-refractivity contribution >= 4 is 0 Å². The summed E-state index contributed by atoms with van der Waals surface area (Å²) in [6.45, 7) is 1.98. The van der Waals surface area contributed by atoms with E-state index in [9.17, 15) is 4.79 Å². The van der Waals surface area contributed by atoms with Crippen molar-refractivity contribution in [2.24, 2.45) is 0 Å². The Hall–Kier alpha value is -2.45. The summed E-state index contributed by atoms with van der Waals surface area (Å²) in [5.41, 5.74) is 3.33. The van der Waals surface area contributed by atoms with Crippen LogP contribution in [-0.4, -0.2) is 16.1 Å². The predicted molar refractivity (Wildman–Crippen MR) is 74.2 cm³/mol. The SMILES string of the molecule is N#Cc1ccc(Cn2cnc3c(c2=O)CCNC3)cc1. The lowest BCUT2D eigenvalue weighted by atomic mass is 10.1. The summed E-state index contributed by atoms with van der Waals surface area (Å²) in [5.74, 6) is 0. The van der Waals surface area contributed by atoms with Crippen molar-refractivity contribution in [3.8, 4) is 6.07 Å². The van der Waals surface area contributed by atoms with Gasteiger partial charge in [0, 0.05) is 12.1 Å². The van der Waals surface area contributed by atoms with Crippen LogP contribution in [0.5, 0.6) is 0 Å². The molecule has 0 amide bonds. The summed E-state index contributed by atoms with van der Waals surface area (Å²) in [6, 6.07) is 9.34. The number of nitrogens with one attached hydrogen (secondary N) is 1. The molecule has 5 heteroatoms. The number of benzene rings is 1. The van der Waals surface area contributed by atoms with Crippen molar-refractivity contribution in [1.29, 1.82) is 5.26 Å². The van der Waals surface area contributed by atoms with Crippen LogP contribution in [0.4, 0.5) is 0 Å². The highest BCUT2D eigenvalue weighted by atomic mass is 16.1. The maximum absolute atomic E-state index is 12.4. The molecule has 0 fully saturated rings. The van der Waals surface area contributed by atoms with Crippen molar-refractivity contribution in [2.45, 2.75) is 19.5 Å². The highest BCUT2D eigenvalue weighted by Crippen LogP contribution is 2.08. The molecule has 20 heavy (non-hydrogen) atoms. The van der Waals surface area contributed by atoms with E-state index in [0.29, 0.717) is 18.7 Å². The second kappa shape index (κ2) is 5.27. The van der Waals surface area contributed by atoms with Gasteiger partial charge in [-0.1, -0.05) is 12.1 Å². The first-order chi connectivity index (χ1) is 9.78. The number of rotatable bonds is 2. The highest BCUT2D eigenvalue weighted by Gasteiger charge is 2.15. The average Bonchev–Trinajstić information content (AvgIpc) is 2.51. The lowest BCUT2D eigenvalue weighted by Gasteiger charge is -2.16. The van der Waals surface area contributed by atoms with E-state index in [1.807, 2.05) is 12.1 Å². The van der Waals surface area contributed by atoms with Crippen molar-refractivity contribution in [3.05, 3.63) is 63.3 Å². The molecular formula is C15H14N4O. The van der Waals surface area contributed by atoms with Gasteiger partial charge in [-0.15, -0.1) is 0 Å². The number of nitrogens with zero attached hydrogens (tertiary/aromatic N) is 3. The van der Waals surface area contributed by atoms with Gasteiger partial charge < -0.3 is 5.32 Å². The Morgan fingerprint density at radius 1 is 1.35 bits per heavy atom. The third kappa shape index (κ3) is 2.33. The third-order valence-corrected chi connectivity index (χ3v) is 3.50. The summed E-state index contributed by atoms with van der Waals surface area (Å²) >= 11 is 0. The molecule has 1 aliphatic rings. The minimum atomic E-state index is 0.0425. The fourth-order valence-electron chi connectivity index (χ4n) is 2.38. The van der Waals surface area contributed by atoms with Gasteiger partial charge >= 0.3 is 0 Å². The van der Waals surface area contributed by atoms with E-state index in [1.54, 1.807) is 23.0 Å². The van der Waals surface area contributed by atoms with E-state index in [-0.39, 0.29) is 5.56 Å². The van der Waals surface area contributed by atoms with Crippen LogP contribution in [0.2, 0.25) is 0 Å². The molecule has 3 rings (SSSR count). The van der Waals surface area contributed by atoms with E-state index < -0.39 is 0 Å². The van der Waals surface area contributed by atoms with Gasteiger partial charge in [-0.3, -0.25) is 9.36 Å². The predicted octanol–water partition coefficient (Wildman–Crippen LogP) is 0.809. The van der Waals surface area contributed by atoms with Crippen molar-refractivity contribution in [3.63, 3.8) is 0 Å². The van der Waals surface area contributed by atoms with Crippen LogP contribution < -0.4 is 10.9 Å². The summed E-state index contributed by atoms with van der Waals surface area (Å²) < 4.78 is 1.63. The molecular weight excluding hydrogens is 252 g/mol. The molecule has 0 bridgehead atoms. The molecule has 1 aliphatic heterocycles. The average molecular weight is 266 g/mol. The van der Waals surface area contributed by atoms with Gasteiger partial charge in [0.15, 0.2) is 0 Å². The quantitative estimate of drug-likeness (QED) is 0.873. The van der Waals surface area contributed by atoms with E-state index >= 15 is 0 Å². The topological polar surface area (TPSA) is 70.7 Å². The van der Waals surface area contributed by atoms with Crippen LogP contribution in [-0.2, 0) is 19.5 Å². The summed E-state index contributed by atoms with van der Waals surface area (Å²) in [4.78, 5) is 16.7. The fraction of sp³-hybridized carbons (Fsp3) is 0.267. The standard InChI is InChI=1S/C15H14N4O/c16-7-11-1-3-12(4-2-11)9-19-10-18-14-8-17-6-5-13(14)15(19)20/h1-4,10,17H,5-6,8-9H2. The molecule has 0 radical (unpaired) electrons. The number of fused-ring (bicyclic) bond motifs is 1. The Bertz CT molecular complexity index is 725. The number of aromatic nitrogens is 2. The summed E-state index contributed by atoms with van der Waals surface area (Å²) in [6.07, 6.45) is 2.34. The zero-order valence-corrected chi connectivity index (χ0v) is 11.0. The maximum Gasteiger partial charge on any atom is 0.257 e. The van der Waals surface area contributed by atoms with E-state index in [1.165, 1.54) is 0 Å². The lowest BCUT2D eigenvalue weighted by molar-refractivity contribution is 0.596. The third-order valence-electron chi connectivity index (χ3n) is 3.50. The first-order valence-electron chi connectivity index (χ1n) is 6.55. The van der Waals surface area contributed by atoms with Crippen molar-refractivity contribution in [1.82, 2.24) is 14.9 Å². The molecule has 1 N–H and O–H groups in total. The van der Waals surface area contributed by atoms with Crippen LogP contribution >= 0.6 is 0 Å². The highest BCUT2D eigenvalue weighted by molar-refractivity contribution is 5.31. The molecule has 0 saturated heterocycles. The maximum atomic E-state index is 12.4. The molecule has 2 heterocycles. The number of nitriles is 1. The molecule has 1 aromatic carbocycles. The second-order valence-electron chi connectivity index (χ2n) is 4.84. The second-order valence-corrected chi connectivity index (χ2v) is 4.84. The van der Waals surface area contributed by atoms with Crippen LogP contribution in [0.3, 0.4) is 0 Å². The van der Waals surface area contributed by atoms with Crippen LogP contribution in [0.25, 0.3) is 0 Å². The molecule has 0 spiro atoms. The molecule has 5 nitrogen and oxygen atoms in total. The number of hydrogen-bond acceptors (Lipinski definition) is 4. The van der Waals surface area contributed by atoms with Gasteiger partial charge in [-0.05, 0) is 30.7 Å². The van der Waals surface area contributed by atoms with Crippen LogP contribution in [0.1, 0.15) is 22.4 Å². The van der Waals surface area contributed by atoms with E-state index in [2.05, 4.69) is 16.4 Å². The molecule has 100 valence electrons. The fourth-order valence-corrected chi connectivity index (χ4v) is 2.38.